The van der Waals surface area contributed by atoms with E-state index in [0.717, 1.165) is 6.54 Å². The second-order valence-electron chi connectivity index (χ2n) is 4.50. The van der Waals surface area contributed by atoms with Gasteiger partial charge in [-0.3, -0.25) is 4.90 Å². The summed E-state index contributed by atoms with van der Waals surface area (Å²) in [6.07, 6.45) is 2.14. The van der Waals surface area contributed by atoms with Gasteiger partial charge in [-0.05, 0) is 25.6 Å². The molecule has 0 aliphatic carbocycles. The third-order valence-corrected chi connectivity index (χ3v) is 3.25. The third kappa shape index (κ3) is 2.17. The molecule has 88 valence electrons. The molecule has 3 nitrogen and oxygen atoms in total. The predicted molar refractivity (Wildman–Crippen MR) is 69.5 cm³/mol. The number of hydrogen-bond acceptors (Lipinski definition) is 2. The van der Waals surface area contributed by atoms with Crippen molar-refractivity contribution in [3.8, 4) is 6.07 Å². The Hall–Kier alpha value is -1.79. The average molecular weight is 227 g/mol. The zero-order valence-electron chi connectivity index (χ0n) is 10.5. The van der Waals surface area contributed by atoms with Gasteiger partial charge < -0.3 is 4.57 Å². The van der Waals surface area contributed by atoms with Crippen LogP contribution in [0.3, 0.4) is 0 Å². The summed E-state index contributed by atoms with van der Waals surface area (Å²) in [5.41, 5.74) is 2.51. The molecule has 1 atom stereocenters. The van der Waals surface area contributed by atoms with Crippen LogP contribution in [-0.4, -0.2) is 22.6 Å². The number of fused-ring (bicyclic) bond motifs is 1. The summed E-state index contributed by atoms with van der Waals surface area (Å²) in [6.45, 7) is 2.72. The summed E-state index contributed by atoms with van der Waals surface area (Å²) >= 11 is 0. The molecule has 0 radical (unpaired) electrons. The minimum absolute atomic E-state index is 0.0611. The van der Waals surface area contributed by atoms with Gasteiger partial charge in [-0.15, -0.1) is 0 Å². The Morgan fingerprint density at radius 3 is 2.82 bits per heavy atom. The molecule has 17 heavy (non-hydrogen) atoms. The number of aryl methyl sites for hydroxylation is 1. The normalized spacial score (nSPS) is 12.9. The van der Waals surface area contributed by atoms with Crippen molar-refractivity contribution in [2.75, 3.05) is 7.05 Å². The first kappa shape index (κ1) is 11.7. The molecule has 2 rings (SSSR count). The maximum Gasteiger partial charge on any atom is 0.0949 e. The molecule has 0 bridgehead atoms. The number of nitriles is 1. The van der Waals surface area contributed by atoms with Crippen LogP contribution >= 0.6 is 0 Å². The van der Waals surface area contributed by atoms with Gasteiger partial charge in [0, 0.05) is 30.7 Å². The van der Waals surface area contributed by atoms with Gasteiger partial charge in [-0.25, -0.2) is 0 Å². The summed E-state index contributed by atoms with van der Waals surface area (Å²) in [6, 6.07) is 10.6. The topological polar surface area (TPSA) is 32.0 Å². The van der Waals surface area contributed by atoms with Gasteiger partial charge in [0.15, 0.2) is 0 Å². The predicted octanol–water partition coefficient (Wildman–Crippen LogP) is 2.52. The second kappa shape index (κ2) is 4.60. The molecule has 0 aliphatic rings. The van der Waals surface area contributed by atoms with Crippen molar-refractivity contribution in [3.05, 3.63) is 36.0 Å². The maximum absolute atomic E-state index is 8.90. The molecule has 3 heteroatoms. The Kier molecular flexibility index (Phi) is 3.16. The lowest BCUT2D eigenvalue weighted by Gasteiger charge is -2.18. The number of benzene rings is 1. The largest absolute Gasteiger partial charge is 0.350 e. The van der Waals surface area contributed by atoms with E-state index in [1.54, 1.807) is 0 Å². The van der Waals surface area contributed by atoms with Gasteiger partial charge in [0.1, 0.15) is 0 Å². The van der Waals surface area contributed by atoms with Crippen molar-refractivity contribution in [1.29, 1.82) is 5.26 Å². The molecular formula is C14H17N3. The Labute approximate surface area is 102 Å². The van der Waals surface area contributed by atoms with E-state index >= 15 is 0 Å². The van der Waals surface area contributed by atoms with Gasteiger partial charge in [-0.1, -0.05) is 18.2 Å². The van der Waals surface area contributed by atoms with E-state index in [0.29, 0.717) is 0 Å². The van der Waals surface area contributed by atoms with Crippen molar-refractivity contribution in [2.24, 2.45) is 7.05 Å². The standard InChI is InChI=1S/C14H17N3/c1-11(8-15)16(2)9-12-10-17(3)14-7-5-4-6-13(12)14/h4-7,10-11H,9H2,1-3H3. The minimum atomic E-state index is -0.0611. The van der Waals surface area contributed by atoms with E-state index in [4.69, 9.17) is 5.26 Å². The van der Waals surface area contributed by atoms with Crippen molar-refractivity contribution >= 4 is 10.9 Å². The molecule has 0 N–H and O–H groups in total. The van der Waals surface area contributed by atoms with Crippen LogP contribution in [0.5, 0.6) is 0 Å². The number of aromatic nitrogens is 1. The number of rotatable bonds is 3. The van der Waals surface area contributed by atoms with Crippen LogP contribution in [0.4, 0.5) is 0 Å². The minimum Gasteiger partial charge on any atom is -0.350 e. The van der Waals surface area contributed by atoms with Gasteiger partial charge >= 0.3 is 0 Å². The molecule has 0 spiro atoms. The van der Waals surface area contributed by atoms with Crippen molar-refractivity contribution in [1.82, 2.24) is 9.47 Å². The van der Waals surface area contributed by atoms with Crippen LogP contribution in [0.2, 0.25) is 0 Å². The second-order valence-corrected chi connectivity index (χ2v) is 4.50. The molecular weight excluding hydrogens is 210 g/mol. The highest BCUT2D eigenvalue weighted by molar-refractivity contribution is 5.83. The lowest BCUT2D eigenvalue weighted by atomic mass is 10.1. The lowest BCUT2D eigenvalue weighted by molar-refractivity contribution is 0.295. The third-order valence-electron chi connectivity index (χ3n) is 3.25. The fourth-order valence-electron chi connectivity index (χ4n) is 2.06. The van der Waals surface area contributed by atoms with Crippen LogP contribution in [-0.2, 0) is 13.6 Å². The Morgan fingerprint density at radius 1 is 1.41 bits per heavy atom. The molecule has 1 aromatic heterocycles. The van der Waals surface area contributed by atoms with Crippen molar-refractivity contribution in [2.45, 2.75) is 19.5 Å². The van der Waals surface area contributed by atoms with E-state index in [-0.39, 0.29) is 6.04 Å². The summed E-state index contributed by atoms with van der Waals surface area (Å²) in [5.74, 6) is 0. The Bertz CT molecular complexity index is 562. The van der Waals surface area contributed by atoms with E-state index in [9.17, 15) is 0 Å². The lowest BCUT2D eigenvalue weighted by Crippen LogP contribution is -2.26. The van der Waals surface area contributed by atoms with E-state index in [2.05, 4.69) is 47.0 Å². The molecule has 0 saturated heterocycles. The van der Waals surface area contributed by atoms with Gasteiger partial charge in [0.25, 0.3) is 0 Å². The van der Waals surface area contributed by atoms with Gasteiger partial charge in [-0.2, -0.15) is 5.26 Å². The Balaban J connectivity index is 2.34. The molecule has 1 aromatic carbocycles. The molecule has 0 aliphatic heterocycles. The van der Waals surface area contributed by atoms with Crippen LogP contribution in [0, 0.1) is 11.3 Å². The summed E-state index contributed by atoms with van der Waals surface area (Å²) in [5, 5.41) is 10.2. The maximum atomic E-state index is 8.90. The summed E-state index contributed by atoms with van der Waals surface area (Å²) < 4.78 is 2.13. The number of hydrogen-bond donors (Lipinski definition) is 0. The van der Waals surface area contributed by atoms with Gasteiger partial charge in [0.05, 0.1) is 12.1 Å². The average Bonchev–Trinajstić information content (AvgIpc) is 2.66. The SMILES string of the molecule is CC(C#N)N(C)Cc1cn(C)c2ccccc12. The van der Waals surface area contributed by atoms with Crippen LogP contribution in [0.15, 0.2) is 30.5 Å². The number of para-hydroxylation sites is 1. The first-order chi connectivity index (χ1) is 8.13. The molecule has 2 aromatic rings. The zero-order valence-corrected chi connectivity index (χ0v) is 10.5. The summed E-state index contributed by atoms with van der Waals surface area (Å²) in [4.78, 5) is 2.06. The molecule has 0 saturated carbocycles. The highest BCUT2D eigenvalue weighted by atomic mass is 15.1. The monoisotopic (exact) mass is 227 g/mol. The Morgan fingerprint density at radius 2 is 2.12 bits per heavy atom. The first-order valence-corrected chi connectivity index (χ1v) is 5.76. The highest BCUT2D eigenvalue weighted by Crippen LogP contribution is 2.21. The highest BCUT2D eigenvalue weighted by Gasteiger charge is 2.12. The van der Waals surface area contributed by atoms with Crippen molar-refractivity contribution in [3.63, 3.8) is 0 Å². The molecule has 0 fully saturated rings. The summed E-state index contributed by atoms with van der Waals surface area (Å²) in [7, 11) is 4.04. The molecule has 1 unspecified atom stereocenters. The van der Waals surface area contributed by atoms with E-state index < -0.39 is 0 Å². The van der Waals surface area contributed by atoms with E-state index in [1.807, 2.05) is 20.0 Å². The van der Waals surface area contributed by atoms with Gasteiger partial charge in [0.2, 0.25) is 0 Å². The van der Waals surface area contributed by atoms with Crippen molar-refractivity contribution < 1.29 is 0 Å². The van der Waals surface area contributed by atoms with Crippen LogP contribution in [0.1, 0.15) is 12.5 Å². The molecule has 1 heterocycles. The van der Waals surface area contributed by atoms with E-state index in [1.165, 1.54) is 16.5 Å². The fraction of sp³-hybridized carbons (Fsp3) is 0.357. The molecule has 0 amide bonds. The quantitative estimate of drug-likeness (QED) is 0.807. The zero-order chi connectivity index (χ0) is 12.4. The first-order valence-electron chi connectivity index (χ1n) is 5.76. The van der Waals surface area contributed by atoms with Crippen LogP contribution < -0.4 is 0 Å². The van der Waals surface area contributed by atoms with Crippen LogP contribution in [0.25, 0.3) is 10.9 Å². The number of nitrogens with zero attached hydrogens (tertiary/aromatic N) is 3. The smallest absolute Gasteiger partial charge is 0.0949 e. The fourth-order valence-corrected chi connectivity index (χ4v) is 2.06.